The first-order chi connectivity index (χ1) is 8.90. The van der Waals surface area contributed by atoms with E-state index in [1.54, 1.807) is 14.0 Å². The van der Waals surface area contributed by atoms with Gasteiger partial charge in [0.05, 0.1) is 18.7 Å². The lowest BCUT2D eigenvalue weighted by atomic mass is 9.95. The van der Waals surface area contributed by atoms with Gasteiger partial charge in [-0.3, -0.25) is 4.79 Å². The minimum Gasteiger partial charge on any atom is -0.497 e. The zero-order valence-electron chi connectivity index (χ0n) is 12.6. The lowest BCUT2D eigenvalue weighted by molar-refractivity contribution is -0.126. The van der Waals surface area contributed by atoms with Crippen LogP contribution in [0.15, 0.2) is 24.3 Å². The molecule has 1 amide bonds. The summed E-state index contributed by atoms with van der Waals surface area (Å²) < 4.78 is 5.11. The van der Waals surface area contributed by atoms with Crippen LogP contribution in [0.5, 0.6) is 5.75 Å². The van der Waals surface area contributed by atoms with Crippen molar-refractivity contribution in [3.05, 3.63) is 29.8 Å². The zero-order chi connectivity index (χ0) is 14.5. The molecule has 0 bridgehead atoms. The molecule has 1 rings (SSSR count). The van der Waals surface area contributed by atoms with Gasteiger partial charge in [-0.15, -0.1) is 12.4 Å². The molecule has 0 aliphatic carbocycles. The summed E-state index contributed by atoms with van der Waals surface area (Å²) in [6.07, 6.45) is 1.56. The Morgan fingerprint density at radius 3 is 2.40 bits per heavy atom. The summed E-state index contributed by atoms with van der Waals surface area (Å²) in [5.74, 6) is 0.689. The Bertz CT molecular complexity index is 418. The highest BCUT2D eigenvalue weighted by Crippen LogP contribution is 2.18. The van der Waals surface area contributed by atoms with Gasteiger partial charge in [0.1, 0.15) is 5.75 Å². The van der Waals surface area contributed by atoms with Gasteiger partial charge in [0.2, 0.25) is 5.91 Å². The molecule has 3 N–H and O–H groups in total. The molecule has 0 radical (unpaired) electrons. The molecule has 0 fully saturated rings. The Hall–Kier alpha value is -1.26. The summed E-state index contributed by atoms with van der Waals surface area (Å²) in [6.45, 7) is 5.74. The van der Waals surface area contributed by atoms with Crippen molar-refractivity contribution < 1.29 is 9.53 Å². The molecule has 0 aliphatic heterocycles. The average molecular weight is 301 g/mol. The fourth-order valence-corrected chi connectivity index (χ4v) is 1.97. The van der Waals surface area contributed by atoms with E-state index in [-0.39, 0.29) is 24.4 Å². The van der Waals surface area contributed by atoms with Gasteiger partial charge in [-0.2, -0.15) is 0 Å². The zero-order valence-corrected chi connectivity index (χ0v) is 13.4. The lowest BCUT2D eigenvalue weighted by Gasteiger charge is -2.25. The summed E-state index contributed by atoms with van der Waals surface area (Å²) in [6, 6.07) is 7.57. The fourth-order valence-electron chi connectivity index (χ4n) is 1.97. The van der Waals surface area contributed by atoms with Gasteiger partial charge >= 0.3 is 0 Å². The number of rotatable bonds is 6. The van der Waals surface area contributed by atoms with Crippen LogP contribution in [0.25, 0.3) is 0 Å². The second-order valence-electron chi connectivity index (χ2n) is 5.14. The first-order valence-electron chi connectivity index (χ1n) is 6.64. The molecule has 0 aromatic heterocycles. The summed E-state index contributed by atoms with van der Waals surface area (Å²) in [7, 11) is 1.63. The van der Waals surface area contributed by atoms with Crippen molar-refractivity contribution in [3.8, 4) is 5.75 Å². The van der Waals surface area contributed by atoms with E-state index in [2.05, 4.69) is 5.32 Å². The molecular formula is C15H25ClN2O2. The smallest absolute Gasteiger partial charge is 0.240 e. The maximum atomic E-state index is 12.1. The molecule has 0 saturated carbocycles. The maximum Gasteiger partial charge on any atom is 0.240 e. The van der Waals surface area contributed by atoms with Crippen molar-refractivity contribution in [3.63, 3.8) is 0 Å². The number of amides is 1. The van der Waals surface area contributed by atoms with Gasteiger partial charge in [0, 0.05) is 0 Å². The van der Waals surface area contributed by atoms with E-state index in [9.17, 15) is 4.79 Å². The molecule has 0 spiro atoms. The van der Waals surface area contributed by atoms with Crippen LogP contribution in [0.1, 0.15) is 45.2 Å². The summed E-state index contributed by atoms with van der Waals surface area (Å²) in [5, 5.41) is 2.95. The molecule has 0 aliphatic rings. The third kappa shape index (κ3) is 5.02. The van der Waals surface area contributed by atoms with E-state index in [1.165, 1.54) is 0 Å². The van der Waals surface area contributed by atoms with Crippen molar-refractivity contribution in [2.24, 2.45) is 5.73 Å². The first-order valence-corrected chi connectivity index (χ1v) is 6.64. The van der Waals surface area contributed by atoms with Gasteiger partial charge in [-0.1, -0.05) is 25.5 Å². The Labute approximate surface area is 127 Å². The third-order valence-corrected chi connectivity index (χ3v) is 3.25. The highest BCUT2D eigenvalue weighted by molar-refractivity contribution is 5.86. The standard InChI is InChI=1S/C15H24N2O2.ClH/c1-5-10-15(3,16)14(18)17-11(2)12-6-8-13(19-4)9-7-12;/h6-9,11H,5,10,16H2,1-4H3,(H,17,18);1H. The number of methoxy groups -OCH3 is 1. The van der Waals surface area contributed by atoms with Crippen molar-refractivity contribution in [1.29, 1.82) is 0 Å². The van der Waals surface area contributed by atoms with E-state index in [0.29, 0.717) is 6.42 Å². The van der Waals surface area contributed by atoms with Crippen LogP contribution in [0.2, 0.25) is 0 Å². The van der Waals surface area contributed by atoms with E-state index >= 15 is 0 Å². The second kappa shape index (κ2) is 8.12. The van der Waals surface area contributed by atoms with Crippen LogP contribution >= 0.6 is 12.4 Å². The predicted molar refractivity (Wildman–Crippen MR) is 84.3 cm³/mol. The monoisotopic (exact) mass is 300 g/mol. The Balaban J connectivity index is 0.00000361. The summed E-state index contributed by atoms with van der Waals surface area (Å²) in [4.78, 5) is 12.1. The third-order valence-electron chi connectivity index (χ3n) is 3.25. The van der Waals surface area contributed by atoms with E-state index in [0.717, 1.165) is 17.7 Å². The van der Waals surface area contributed by atoms with Gasteiger partial charge < -0.3 is 15.8 Å². The van der Waals surface area contributed by atoms with E-state index < -0.39 is 5.54 Å². The van der Waals surface area contributed by atoms with Crippen molar-refractivity contribution in [1.82, 2.24) is 5.32 Å². The highest BCUT2D eigenvalue weighted by atomic mass is 35.5. The van der Waals surface area contributed by atoms with Crippen LogP contribution in [0.4, 0.5) is 0 Å². The van der Waals surface area contributed by atoms with E-state index in [4.69, 9.17) is 10.5 Å². The summed E-state index contributed by atoms with van der Waals surface area (Å²) in [5.41, 5.74) is 6.23. The SMILES string of the molecule is CCCC(C)(N)C(=O)NC(C)c1ccc(OC)cc1.Cl. The average Bonchev–Trinajstić information content (AvgIpc) is 2.38. The number of benzene rings is 1. The molecule has 0 heterocycles. The number of ether oxygens (including phenoxy) is 1. The van der Waals surface area contributed by atoms with Crippen LogP contribution < -0.4 is 15.8 Å². The number of carbonyl (C=O) groups is 1. The predicted octanol–water partition coefficient (Wildman–Crippen LogP) is 2.81. The first kappa shape index (κ1) is 18.7. The Morgan fingerprint density at radius 2 is 1.95 bits per heavy atom. The number of nitrogens with one attached hydrogen (secondary N) is 1. The number of carbonyl (C=O) groups excluding carboxylic acids is 1. The molecule has 1 aromatic carbocycles. The number of hydrogen-bond acceptors (Lipinski definition) is 3. The van der Waals surface area contributed by atoms with Gasteiger partial charge in [0.25, 0.3) is 0 Å². The number of nitrogens with two attached hydrogens (primary N) is 1. The van der Waals surface area contributed by atoms with Crippen molar-refractivity contribution in [2.45, 2.75) is 45.2 Å². The van der Waals surface area contributed by atoms with Crippen LogP contribution in [-0.2, 0) is 4.79 Å². The Kier molecular flexibility index (Phi) is 7.61. The lowest BCUT2D eigenvalue weighted by Crippen LogP contribution is -2.51. The van der Waals surface area contributed by atoms with Crippen LogP contribution in [-0.4, -0.2) is 18.6 Å². The van der Waals surface area contributed by atoms with Crippen LogP contribution in [0, 0.1) is 0 Å². The molecule has 0 saturated heterocycles. The van der Waals surface area contributed by atoms with Gasteiger partial charge in [0.15, 0.2) is 0 Å². The number of halogens is 1. The fraction of sp³-hybridized carbons (Fsp3) is 0.533. The molecule has 20 heavy (non-hydrogen) atoms. The topological polar surface area (TPSA) is 64.4 Å². The molecule has 4 nitrogen and oxygen atoms in total. The molecule has 2 atom stereocenters. The quantitative estimate of drug-likeness (QED) is 0.849. The minimum absolute atomic E-state index is 0. The van der Waals surface area contributed by atoms with Crippen LogP contribution in [0.3, 0.4) is 0 Å². The molecule has 2 unspecified atom stereocenters. The van der Waals surface area contributed by atoms with E-state index in [1.807, 2.05) is 38.1 Å². The van der Waals surface area contributed by atoms with Crippen molar-refractivity contribution in [2.75, 3.05) is 7.11 Å². The van der Waals surface area contributed by atoms with Crippen molar-refractivity contribution >= 4 is 18.3 Å². The van der Waals surface area contributed by atoms with Gasteiger partial charge in [-0.05, 0) is 38.0 Å². The molecule has 1 aromatic rings. The highest BCUT2D eigenvalue weighted by Gasteiger charge is 2.28. The second-order valence-corrected chi connectivity index (χ2v) is 5.14. The normalized spacial score (nSPS) is 14.7. The number of hydrogen-bond donors (Lipinski definition) is 2. The van der Waals surface area contributed by atoms with Gasteiger partial charge in [-0.25, -0.2) is 0 Å². The molecule has 5 heteroatoms. The molecule has 114 valence electrons. The molecular weight excluding hydrogens is 276 g/mol. The minimum atomic E-state index is -0.810. The Morgan fingerprint density at radius 1 is 1.40 bits per heavy atom. The largest absolute Gasteiger partial charge is 0.497 e. The summed E-state index contributed by atoms with van der Waals surface area (Å²) >= 11 is 0. The maximum absolute atomic E-state index is 12.1.